The molecule has 108 valence electrons. The maximum Gasteiger partial charge on any atom is 0.317 e. The summed E-state index contributed by atoms with van der Waals surface area (Å²) in [5, 5.41) is 12.1. The van der Waals surface area contributed by atoms with Crippen LogP contribution in [0.25, 0.3) is 0 Å². The molecule has 1 saturated heterocycles. The Morgan fingerprint density at radius 2 is 2.05 bits per heavy atom. The lowest BCUT2D eigenvalue weighted by atomic mass is 9.92. The number of amides is 2. The molecule has 1 unspecified atom stereocenters. The van der Waals surface area contributed by atoms with Crippen molar-refractivity contribution < 1.29 is 14.7 Å². The Labute approximate surface area is 114 Å². The zero-order valence-corrected chi connectivity index (χ0v) is 11.8. The van der Waals surface area contributed by atoms with Gasteiger partial charge < -0.3 is 15.3 Å². The van der Waals surface area contributed by atoms with Crippen molar-refractivity contribution in [2.45, 2.75) is 52.0 Å². The SMILES string of the molecule is CC1(C)CCC(NC(=O)N2CCC[C@@H](C(=O)O)C2)C1. The van der Waals surface area contributed by atoms with E-state index in [1.54, 1.807) is 4.90 Å². The number of hydrogen-bond acceptors (Lipinski definition) is 2. The summed E-state index contributed by atoms with van der Waals surface area (Å²) < 4.78 is 0. The summed E-state index contributed by atoms with van der Waals surface area (Å²) in [4.78, 5) is 24.8. The minimum Gasteiger partial charge on any atom is -0.481 e. The Kier molecular flexibility index (Phi) is 4.02. The molecule has 0 spiro atoms. The maximum absolute atomic E-state index is 12.2. The van der Waals surface area contributed by atoms with Gasteiger partial charge in [0.1, 0.15) is 0 Å². The van der Waals surface area contributed by atoms with Gasteiger partial charge in [0.25, 0.3) is 0 Å². The average molecular weight is 268 g/mol. The van der Waals surface area contributed by atoms with Gasteiger partial charge in [-0.1, -0.05) is 13.8 Å². The first-order valence-corrected chi connectivity index (χ1v) is 7.16. The summed E-state index contributed by atoms with van der Waals surface area (Å²) in [7, 11) is 0. The van der Waals surface area contributed by atoms with Crippen LogP contribution in [0.2, 0.25) is 0 Å². The monoisotopic (exact) mass is 268 g/mol. The summed E-state index contributed by atoms with van der Waals surface area (Å²) in [5.74, 6) is -1.20. The Balaban J connectivity index is 1.85. The number of rotatable bonds is 2. The van der Waals surface area contributed by atoms with Gasteiger partial charge in [0.2, 0.25) is 0 Å². The number of piperidine rings is 1. The van der Waals surface area contributed by atoms with E-state index in [0.29, 0.717) is 24.9 Å². The minimum atomic E-state index is -0.792. The van der Waals surface area contributed by atoms with Crippen molar-refractivity contribution in [3.8, 4) is 0 Å². The average Bonchev–Trinajstić information content (AvgIpc) is 2.68. The van der Waals surface area contributed by atoms with Gasteiger partial charge in [0, 0.05) is 19.1 Å². The molecule has 2 aliphatic rings. The van der Waals surface area contributed by atoms with Crippen molar-refractivity contribution in [3.05, 3.63) is 0 Å². The highest BCUT2D eigenvalue weighted by molar-refractivity contribution is 5.76. The topological polar surface area (TPSA) is 69.6 Å². The van der Waals surface area contributed by atoms with Crippen LogP contribution >= 0.6 is 0 Å². The van der Waals surface area contributed by atoms with Crippen LogP contribution in [0, 0.1) is 11.3 Å². The molecule has 2 fully saturated rings. The van der Waals surface area contributed by atoms with Crippen molar-refractivity contribution in [3.63, 3.8) is 0 Å². The predicted octanol–water partition coefficient (Wildman–Crippen LogP) is 2.07. The van der Waals surface area contributed by atoms with E-state index in [2.05, 4.69) is 19.2 Å². The second-order valence-electron chi connectivity index (χ2n) is 6.68. The van der Waals surface area contributed by atoms with Crippen LogP contribution in [0.15, 0.2) is 0 Å². The first-order chi connectivity index (χ1) is 8.87. The number of nitrogens with one attached hydrogen (secondary N) is 1. The first kappa shape index (κ1) is 14.2. The Hall–Kier alpha value is -1.26. The van der Waals surface area contributed by atoms with Crippen LogP contribution in [0.5, 0.6) is 0 Å². The predicted molar refractivity (Wildman–Crippen MR) is 71.9 cm³/mol. The molecule has 0 aromatic heterocycles. The number of nitrogens with zero attached hydrogens (tertiary/aromatic N) is 1. The molecular formula is C14H24N2O3. The molecule has 5 nitrogen and oxygen atoms in total. The third-order valence-electron chi connectivity index (χ3n) is 4.35. The number of carboxylic acids is 1. The number of hydrogen-bond donors (Lipinski definition) is 2. The Bertz CT molecular complexity index is 368. The lowest BCUT2D eigenvalue weighted by Gasteiger charge is -2.31. The second kappa shape index (κ2) is 5.39. The molecular weight excluding hydrogens is 244 g/mol. The van der Waals surface area contributed by atoms with E-state index in [0.717, 1.165) is 25.7 Å². The van der Waals surface area contributed by atoms with Crippen LogP contribution in [-0.2, 0) is 4.79 Å². The molecule has 19 heavy (non-hydrogen) atoms. The standard InChI is InChI=1S/C14H24N2O3/c1-14(2)6-5-11(8-14)15-13(19)16-7-3-4-10(9-16)12(17)18/h10-11H,3-9H2,1-2H3,(H,15,19)(H,17,18)/t10-,11?/m1/s1. The van der Waals surface area contributed by atoms with Gasteiger partial charge >= 0.3 is 12.0 Å². The first-order valence-electron chi connectivity index (χ1n) is 7.16. The molecule has 0 bridgehead atoms. The van der Waals surface area contributed by atoms with Gasteiger partial charge in [-0.3, -0.25) is 4.79 Å². The molecule has 2 rings (SSSR count). The molecule has 1 saturated carbocycles. The van der Waals surface area contributed by atoms with Crippen molar-refractivity contribution in [1.82, 2.24) is 10.2 Å². The fraction of sp³-hybridized carbons (Fsp3) is 0.857. The van der Waals surface area contributed by atoms with Crippen molar-refractivity contribution in [2.24, 2.45) is 11.3 Å². The normalized spacial score (nSPS) is 30.1. The van der Waals surface area contributed by atoms with Gasteiger partial charge in [0.15, 0.2) is 0 Å². The zero-order chi connectivity index (χ0) is 14.0. The number of urea groups is 1. The third kappa shape index (κ3) is 3.61. The summed E-state index contributed by atoms with van der Waals surface area (Å²) in [5.41, 5.74) is 0.309. The smallest absolute Gasteiger partial charge is 0.317 e. The number of carboxylic acid groups (broad SMARTS) is 1. The van der Waals surface area contributed by atoms with Crippen LogP contribution < -0.4 is 5.32 Å². The van der Waals surface area contributed by atoms with Crippen LogP contribution in [-0.4, -0.2) is 41.1 Å². The molecule has 1 aliphatic carbocycles. The second-order valence-corrected chi connectivity index (χ2v) is 6.68. The van der Waals surface area contributed by atoms with Gasteiger partial charge in [0.05, 0.1) is 5.92 Å². The number of carbonyl (C=O) groups is 2. The largest absolute Gasteiger partial charge is 0.481 e. The highest BCUT2D eigenvalue weighted by atomic mass is 16.4. The fourth-order valence-corrected chi connectivity index (χ4v) is 3.19. The summed E-state index contributed by atoms with van der Waals surface area (Å²) >= 11 is 0. The molecule has 2 N–H and O–H groups in total. The van der Waals surface area contributed by atoms with E-state index in [9.17, 15) is 9.59 Å². The Morgan fingerprint density at radius 3 is 2.63 bits per heavy atom. The summed E-state index contributed by atoms with van der Waals surface area (Å²) in [6.07, 6.45) is 4.62. The van der Waals surface area contributed by atoms with E-state index in [1.807, 2.05) is 0 Å². The van der Waals surface area contributed by atoms with E-state index in [-0.39, 0.29) is 12.1 Å². The van der Waals surface area contributed by atoms with E-state index < -0.39 is 11.9 Å². The zero-order valence-electron chi connectivity index (χ0n) is 11.8. The number of aliphatic carboxylic acids is 1. The van der Waals surface area contributed by atoms with Crippen molar-refractivity contribution >= 4 is 12.0 Å². The number of carbonyl (C=O) groups excluding carboxylic acids is 1. The van der Waals surface area contributed by atoms with Gasteiger partial charge in [-0.15, -0.1) is 0 Å². The molecule has 1 heterocycles. The summed E-state index contributed by atoms with van der Waals surface area (Å²) in [6, 6.07) is 0.154. The Morgan fingerprint density at radius 1 is 1.32 bits per heavy atom. The fourth-order valence-electron chi connectivity index (χ4n) is 3.19. The maximum atomic E-state index is 12.2. The lowest BCUT2D eigenvalue weighted by molar-refractivity contribution is -0.143. The summed E-state index contributed by atoms with van der Waals surface area (Å²) in [6.45, 7) is 5.46. The molecule has 0 aromatic rings. The van der Waals surface area contributed by atoms with Crippen molar-refractivity contribution in [1.29, 1.82) is 0 Å². The van der Waals surface area contributed by atoms with Crippen molar-refractivity contribution in [2.75, 3.05) is 13.1 Å². The quantitative estimate of drug-likeness (QED) is 0.805. The molecule has 5 heteroatoms. The molecule has 0 aromatic carbocycles. The van der Waals surface area contributed by atoms with E-state index >= 15 is 0 Å². The molecule has 2 amide bonds. The van der Waals surface area contributed by atoms with Crippen LogP contribution in [0.4, 0.5) is 4.79 Å². The third-order valence-corrected chi connectivity index (χ3v) is 4.35. The number of likely N-dealkylation sites (tertiary alicyclic amines) is 1. The van der Waals surface area contributed by atoms with Gasteiger partial charge in [-0.05, 0) is 37.5 Å². The molecule has 2 atom stereocenters. The molecule has 1 aliphatic heterocycles. The van der Waals surface area contributed by atoms with Crippen LogP contribution in [0.3, 0.4) is 0 Å². The minimum absolute atomic E-state index is 0.0892. The van der Waals surface area contributed by atoms with Gasteiger partial charge in [-0.2, -0.15) is 0 Å². The van der Waals surface area contributed by atoms with E-state index in [4.69, 9.17) is 5.11 Å². The molecule has 0 radical (unpaired) electrons. The lowest BCUT2D eigenvalue weighted by Crippen LogP contribution is -2.49. The highest BCUT2D eigenvalue weighted by Gasteiger charge is 2.34. The highest BCUT2D eigenvalue weighted by Crippen LogP contribution is 2.37. The van der Waals surface area contributed by atoms with E-state index in [1.165, 1.54) is 0 Å². The van der Waals surface area contributed by atoms with Crippen LogP contribution in [0.1, 0.15) is 46.0 Å². The van der Waals surface area contributed by atoms with Gasteiger partial charge in [-0.25, -0.2) is 4.79 Å².